The third-order valence-corrected chi connectivity index (χ3v) is 5.95. The van der Waals surface area contributed by atoms with Crippen molar-refractivity contribution in [2.45, 2.75) is 37.6 Å². The average molecular weight is 435 g/mol. The van der Waals surface area contributed by atoms with Crippen LogP contribution in [-0.2, 0) is 7.05 Å². The summed E-state index contributed by atoms with van der Waals surface area (Å²) >= 11 is 0. The SMILES string of the molecule is Cn1cc(C(=O)NC2CCN(C(=O)Nc3ccc(-c4n[nH]c(C5CC5)n4)cc3)CC2)cn1. The maximum atomic E-state index is 12.6. The molecule has 32 heavy (non-hydrogen) atoms. The number of H-pyrrole nitrogens is 1. The Morgan fingerprint density at radius 2 is 1.84 bits per heavy atom. The molecule has 0 unspecified atom stereocenters. The Bertz CT molecular complexity index is 1110. The fraction of sp³-hybridized carbons (Fsp3) is 0.409. The number of hydrogen-bond acceptors (Lipinski definition) is 5. The van der Waals surface area contributed by atoms with E-state index in [0.717, 1.165) is 17.1 Å². The van der Waals surface area contributed by atoms with Crippen molar-refractivity contribution in [3.63, 3.8) is 0 Å². The zero-order valence-corrected chi connectivity index (χ0v) is 17.9. The zero-order valence-electron chi connectivity index (χ0n) is 17.9. The van der Waals surface area contributed by atoms with E-state index in [1.54, 1.807) is 29.0 Å². The number of benzene rings is 1. The topological polar surface area (TPSA) is 121 Å². The van der Waals surface area contributed by atoms with E-state index in [0.29, 0.717) is 43.2 Å². The smallest absolute Gasteiger partial charge is 0.321 e. The van der Waals surface area contributed by atoms with E-state index in [1.807, 2.05) is 24.3 Å². The van der Waals surface area contributed by atoms with Gasteiger partial charge in [0.15, 0.2) is 5.82 Å². The van der Waals surface area contributed by atoms with E-state index in [9.17, 15) is 9.59 Å². The van der Waals surface area contributed by atoms with Crippen molar-refractivity contribution < 1.29 is 9.59 Å². The number of amides is 3. The van der Waals surface area contributed by atoms with Gasteiger partial charge in [0.1, 0.15) is 5.82 Å². The second-order valence-electron chi connectivity index (χ2n) is 8.46. The van der Waals surface area contributed by atoms with Gasteiger partial charge in [0.2, 0.25) is 0 Å². The van der Waals surface area contributed by atoms with Crippen molar-refractivity contribution >= 4 is 17.6 Å². The molecule has 2 aromatic heterocycles. The lowest BCUT2D eigenvalue weighted by molar-refractivity contribution is 0.0919. The highest BCUT2D eigenvalue weighted by molar-refractivity contribution is 5.94. The van der Waals surface area contributed by atoms with E-state index in [1.165, 1.54) is 12.8 Å². The second kappa shape index (κ2) is 8.45. The van der Waals surface area contributed by atoms with Gasteiger partial charge in [-0.15, -0.1) is 0 Å². The lowest BCUT2D eigenvalue weighted by Gasteiger charge is -2.32. The van der Waals surface area contributed by atoms with Crippen LogP contribution >= 0.6 is 0 Å². The number of likely N-dealkylation sites (tertiary alicyclic amines) is 1. The second-order valence-corrected chi connectivity index (χ2v) is 8.46. The number of aryl methyl sites for hydroxylation is 1. The predicted octanol–water partition coefficient (Wildman–Crippen LogP) is 2.51. The van der Waals surface area contributed by atoms with Crippen molar-refractivity contribution in [1.29, 1.82) is 0 Å². The molecule has 3 heterocycles. The van der Waals surface area contributed by atoms with Crippen molar-refractivity contribution in [1.82, 2.24) is 35.2 Å². The monoisotopic (exact) mass is 434 g/mol. The van der Waals surface area contributed by atoms with E-state index in [-0.39, 0.29) is 18.0 Å². The Kier molecular flexibility index (Phi) is 5.34. The molecule has 2 aliphatic rings. The normalized spacial score (nSPS) is 16.7. The molecule has 10 nitrogen and oxygen atoms in total. The Morgan fingerprint density at radius 3 is 2.50 bits per heavy atom. The minimum Gasteiger partial charge on any atom is -0.349 e. The van der Waals surface area contributed by atoms with Gasteiger partial charge in [-0.1, -0.05) is 0 Å². The van der Waals surface area contributed by atoms with E-state index >= 15 is 0 Å². The van der Waals surface area contributed by atoms with Crippen LogP contribution in [0.2, 0.25) is 0 Å². The molecule has 5 rings (SSSR count). The number of rotatable bonds is 5. The minimum atomic E-state index is -0.135. The Morgan fingerprint density at radius 1 is 1.09 bits per heavy atom. The van der Waals surface area contributed by atoms with E-state index in [4.69, 9.17) is 0 Å². The highest BCUT2D eigenvalue weighted by Crippen LogP contribution is 2.38. The molecule has 3 aromatic rings. The first kappa shape index (κ1) is 20.2. The van der Waals surface area contributed by atoms with Crippen LogP contribution in [0.15, 0.2) is 36.7 Å². The molecule has 0 spiro atoms. The first-order valence-corrected chi connectivity index (χ1v) is 10.9. The van der Waals surface area contributed by atoms with Gasteiger partial charge in [-0.05, 0) is 49.9 Å². The highest BCUT2D eigenvalue weighted by atomic mass is 16.2. The first-order chi connectivity index (χ1) is 15.5. The minimum absolute atomic E-state index is 0.0490. The number of aromatic nitrogens is 5. The van der Waals surface area contributed by atoms with Gasteiger partial charge in [-0.2, -0.15) is 10.2 Å². The quantitative estimate of drug-likeness (QED) is 0.570. The molecule has 1 aromatic carbocycles. The van der Waals surface area contributed by atoms with Crippen LogP contribution < -0.4 is 10.6 Å². The maximum Gasteiger partial charge on any atom is 0.321 e. The number of carbonyl (C=O) groups excluding carboxylic acids is 2. The summed E-state index contributed by atoms with van der Waals surface area (Å²) in [6, 6.07) is 7.46. The summed E-state index contributed by atoms with van der Waals surface area (Å²) in [5.41, 5.74) is 2.19. The number of urea groups is 1. The molecule has 1 aliphatic carbocycles. The number of aromatic amines is 1. The highest BCUT2D eigenvalue weighted by Gasteiger charge is 2.27. The molecule has 1 aliphatic heterocycles. The van der Waals surface area contributed by atoms with Crippen molar-refractivity contribution in [3.05, 3.63) is 48.0 Å². The lowest BCUT2D eigenvalue weighted by Crippen LogP contribution is -2.47. The summed E-state index contributed by atoms with van der Waals surface area (Å²) in [6.45, 7) is 1.17. The van der Waals surface area contributed by atoms with Crippen LogP contribution in [0.3, 0.4) is 0 Å². The standard InChI is InChI=1S/C22H26N8O2/c1-29-13-16(12-23-29)21(31)24-18-8-10-30(11-9-18)22(32)25-17-6-4-15(5-7-17)20-26-19(27-28-20)14-2-3-14/h4-7,12-14,18H,2-3,8-11H2,1H3,(H,24,31)(H,25,32)(H,26,27,28). The Labute approximate surface area is 185 Å². The van der Waals surface area contributed by atoms with Crippen LogP contribution in [0, 0.1) is 0 Å². The van der Waals surface area contributed by atoms with E-state index < -0.39 is 0 Å². The third kappa shape index (κ3) is 4.48. The number of piperidine rings is 1. The van der Waals surface area contributed by atoms with Gasteiger partial charge in [0, 0.05) is 49.5 Å². The molecule has 1 saturated heterocycles. The summed E-state index contributed by atoms with van der Waals surface area (Å²) in [4.78, 5) is 31.3. The molecule has 166 valence electrons. The van der Waals surface area contributed by atoms with Crippen LogP contribution in [0.1, 0.15) is 47.8 Å². The van der Waals surface area contributed by atoms with E-state index in [2.05, 4.69) is 30.9 Å². The summed E-state index contributed by atoms with van der Waals surface area (Å²) in [6.07, 6.45) is 7.02. The Hall–Kier alpha value is -3.69. The van der Waals surface area contributed by atoms with Crippen LogP contribution in [0.5, 0.6) is 0 Å². The lowest BCUT2D eigenvalue weighted by atomic mass is 10.0. The van der Waals surface area contributed by atoms with Gasteiger partial charge in [-0.3, -0.25) is 14.6 Å². The fourth-order valence-corrected chi connectivity index (χ4v) is 3.88. The fourth-order valence-electron chi connectivity index (χ4n) is 3.88. The molecule has 1 saturated carbocycles. The number of nitrogens with one attached hydrogen (secondary N) is 3. The summed E-state index contributed by atoms with van der Waals surface area (Å²) in [5, 5.41) is 17.3. The zero-order chi connectivity index (χ0) is 22.1. The van der Waals surface area contributed by atoms with Crippen LogP contribution in [0.25, 0.3) is 11.4 Å². The molecule has 3 amide bonds. The number of anilines is 1. The van der Waals surface area contributed by atoms with Crippen molar-refractivity contribution in [2.24, 2.45) is 7.05 Å². The number of carbonyl (C=O) groups is 2. The summed E-state index contributed by atoms with van der Waals surface area (Å²) in [5.74, 6) is 2.04. The van der Waals surface area contributed by atoms with Gasteiger partial charge in [-0.25, -0.2) is 9.78 Å². The van der Waals surface area contributed by atoms with Crippen LogP contribution in [0.4, 0.5) is 10.5 Å². The van der Waals surface area contributed by atoms with Crippen molar-refractivity contribution in [3.8, 4) is 11.4 Å². The van der Waals surface area contributed by atoms with Crippen molar-refractivity contribution in [2.75, 3.05) is 18.4 Å². The first-order valence-electron chi connectivity index (χ1n) is 10.9. The van der Waals surface area contributed by atoms with Gasteiger partial charge in [0.05, 0.1) is 11.8 Å². The molecular formula is C22H26N8O2. The molecular weight excluding hydrogens is 408 g/mol. The predicted molar refractivity (Wildman–Crippen MR) is 118 cm³/mol. The molecule has 0 radical (unpaired) electrons. The summed E-state index contributed by atoms with van der Waals surface area (Å²) in [7, 11) is 1.78. The number of hydrogen-bond donors (Lipinski definition) is 3. The Balaban J connectivity index is 1.11. The molecule has 0 bridgehead atoms. The molecule has 2 fully saturated rings. The molecule has 0 atom stereocenters. The average Bonchev–Trinajstić information content (AvgIpc) is 3.36. The number of nitrogens with zero attached hydrogens (tertiary/aromatic N) is 5. The van der Waals surface area contributed by atoms with Gasteiger partial charge < -0.3 is 15.5 Å². The van der Waals surface area contributed by atoms with Gasteiger partial charge in [0.25, 0.3) is 5.91 Å². The largest absolute Gasteiger partial charge is 0.349 e. The molecule has 3 N–H and O–H groups in total. The third-order valence-electron chi connectivity index (χ3n) is 5.95. The summed E-state index contributed by atoms with van der Waals surface area (Å²) < 4.78 is 1.60. The molecule has 10 heteroatoms. The van der Waals surface area contributed by atoms with Crippen LogP contribution in [-0.4, -0.2) is 60.9 Å². The maximum absolute atomic E-state index is 12.6. The van der Waals surface area contributed by atoms with Gasteiger partial charge >= 0.3 is 6.03 Å².